The monoisotopic (exact) mass is 587 g/mol. The maximum Gasteiger partial charge on any atom is 0.408 e. The fraction of sp³-hybridized carbons (Fsp3) is 0.654. The number of hydrogen-bond acceptors (Lipinski definition) is 7. The molecular formula is C26H42BrN3O7. The molecule has 0 radical (unpaired) electrons. The molecule has 0 aliphatic carbocycles. The number of rotatable bonds is 12. The van der Waals surface area contributed by atoms with Gasteiger partial charge in [-0.2, -0.15) is 0 Å². The van der Waals surface area contributed by atoms with Crippen LogP contribution >= 0.6 is 15.9 Å². The minimum atomic E-state index is -0.794. The first-order valence-corrected chi connectivity index (χ1v) is 13.1. The van der Waals surface area contributed by atoms with Gasteiger partial charge in [-0.25, -0.2) is 9.59 Å². The zero-order valence-electron chi connectivity index (χ0n) is 23.2. The maximum atomic E-state index is 13.0. The fourth-order valence-electron chi connectivity index (χ4n) is 3.26. The molecule has 0 spiro atoms. The average Bonchev–Trinajstić information content (AvgIpc) is 2.76. The summed E-state index contributed by atoms with van der Waals surface area (Å²) in [5, 5.41) is 8.24. The van der Waals surface area contributed by atoms with Crippen LogP contribution in [-0.2, 0) is 20.7 Å². The highest BCUT2D eigenvalue weighted by atomic mass is 79.9. The molecule has 0 bridgehead atoms. The van der Waals surface area contributed by atoms with Crippen LogP contribution in [-0.4, -0.2) is 62.6 Å². The highest BCUT2D eigenvalue weighted by Crippen LogP contribution is 2.32. The van der Waals surface area contributed by atoms with Crippen LogP contribution in [0.25, 0.3) is 0 Å². The lowest BCUT2D eigenvalue weighted by atomic mass is 10.1. The van der Waals surface area contributed by atoms with Gasteiger partial charge in [0, 0.05) is 13.1 Å². The summed E-state index contributed by atoms with van der Waals surface area (Å²) in [6.07, 6.45) is 0.900. The van der Waals surface area contributed by atoms with Crippen molar-refractivity contribution in [2.24, 2.45) is 0 Å². The van der Waals surface area contributed by atoms with Crippen LogP contribution in [0.3, 0.4) is 0 Å². The molecule has 3 N–H and O–H groups in total. The van der Waals surface area contributed by atoms with Crippen molar-refractivity contribution in [2.45, 2.75) is 84.5 Å². The predicted molar refractivity (Wildman–Crippen MR) is 145 cm³/mol. The van der Waals surface area contributed by atoms with Crippen molar-refractivity contribution in [2.75, 3.05) is 27.3 Å². The first-order valence-electron chi connectivity index (χ1n) is 12.3. The number of halogens is 1. The van der Waals surface area contributed by atoms with E-state index < -0.39 is 29.4 Å². The smallest absolute Gasteiger partial charge is 0.408 e. The Morgan fingerprint density at radius 3 is 2.00 bits per heavy atom. The Bertz CT molecular complexity index is 911. The van der Waals surface area contributed by atoms with Crippen molar-refractivity contribution in [1.29, 1.82) is 0 Å². The number of carbonyl (C=O) groups is 3. The molecule has 0 saturated carbocycles. The van der Waals surface area contributed by atoms with Gasteiger partial charge in [-0.05, 0) is 101 Å². The number of hydrogen-bond donors (Lipinski definition) is 3. The van der Waals surface area contributed by atoms with E-state index in [-0.39, 0.29) is 5.91 Å². The molecular weight excluding hydrogens is 546 g/mol. The second-order valence-corrected chi connectivity index (χ2v) is 11.3. The number of nitrogens with one attached hydrogen (secondary N) is 3. The van der Waals surface area contributed by atoms with E-state index in [4.69, 9.17) is 18.9 Å². The van der Waals surface area contributed by atoms with Gasteiger partial charge in [0.1, 0.15) is 28.7 Å². The highest BCUT2D eigenvalue weighted by Gasteiger charge is 2.24. The van der Waals surface area contributed by atoms with Crippen LogP contribution in [0.1, 0.15) is 66.4 Å². The third kappa shape index (κ3) is 13.4. The zero-order chi connectivity index (χ0) is 28.2. The quantitative estimate of drug-likeness (QED) is 0.302. The Hall–Kier alpha value is -2.69. The Kier molecular flexibility index (Phi) is 13.0. The summed E-state index contributed by atoms with van der Waals surface area (Å²) >= 11 is 3.43. The molecule has 1 rings (SSSR count). The normalized spacial score (nSPS) is 12.2. The van der Waals surface area contributed by atoms with Crippen LogP contribution in [0.15, 0.2) is 16.6 Å². The highest BCUT2D eigenvalue weighted by molar-refractivity contribution is 9.10. The van der Waals surface area contributed by atoms with Crippen molar-refractivity contribution in [1.82, 2.24) is 16.0 Å². The molecule has 1 aromatic rings. The lowest BCUT2D eigenvalue weighted by molar-refractivity contribution is -0.123. The lowest BCUT2D eigenvalue weighted by Gasteiger charge is -2.23. The molecule has 1 unspecified atom stereocenters. The molecule has 3 amide bonds. The average molecular weight is 589 g/mol. The summed E-state index contributed by atoms with van der Waals surface area (Å²) in [4.78, 5) is 37.1. The van der Waals surface area contributed by atoms with E-state index in [9.17, 15) is 14.4 Å². The predicted octanol–water partition coefficient (Wildman–Crippen LogP) is 4.71. The maximum absolute atomic E-state index is 13.0. The lowest BCUT2D eigenvalue weighted by Crippen LogP contribution is -2.48. The fourth-order valence-corrected chi connectivity index (χ4v) is 3.74. The van der Waals surface area contributed by atoms with Crippen molar-refractivity contribution >= 4 is 34.0 Å². The van der Waals surface area contributed by atoms with E-state index in [0.717, 1.165) is 10.0 Å². The summed E-state index contributed by atoms with van der Waals surface area (Å²) in [7, 11) is 3.16. The number of benzene rings is 1. The van der Waals surface area contributed by atoms with E-state index in [0.29, 0.717) is 50.3 Å². The standard InChI is InChI=1S/C26H42BrN3O7/c1-25(2,3)36-23(32)29-13-10-9-11-19(30-24(33)37-26(4,5)6)22(31)28-14-12-17-15-21(35-8)18(27)16-20(17)34-7/h15-16,19H,9-14H2,1-8H3,(H,28,31)(H,29,32)(H,30,33). The van der Waals surface area contributed by atoms with Gasteiger partial charge in [-0.15, -0.1) is 0 Å². The van der Waals surface area contributed by atoms with Crippen molar-refractivity contribution in [3.05, 3.63) is 22.2 Å². The summed E-state index contributed by atoms with van der Waals surface area (Å²) < 4.78 is 22.1. The van der Waals surface area contributed by atoms with Gasteiger partial charge in [0.2, 0.25) is 5.91 Å². The van der Waals surface area contributed by atoms with Gasteiger partial charge in [0.25, 0.3) is 0 Å². The molecule has 1 atom stereocenters. The largest absolute Gasteiger partial charge is 0.496 e. The van der Waals surface area contributed by atoms with E-state index in [1.165, 1.54) is 0 Å². The molecule has 0 saturated heterocycles. The Balaban J connectivity index is 2.71. The number of carbonyl (C=O) groups excluding carboxylic acids is 3. The molecule has 1 aromatic carbocycles. The second kappa shape index (κ2) is 14.9. The number of alkyl carbamates (subject to hydrolysis) is 2. The van der Waals surface area contributed by atoms with Gasteiger partial charge < -0.3 is 34.9 Å². The molecule has 11 heteroatoms. The molecule has 10 nitrogen and oxygen atoms in total. The third-order valence-electron chi connectivity index (χ3n) is 4.84. The summed E-state index contributed by atoms with van der Waals surface area (Å²) in [6.45, 7) is 11.4. The van der Waals surface area contributed by atoms with Crippen LogP contribution < -0.4 is 25.4 Å². The molecule has 0 heterocycles. The van der Waals surface area contributed by atoms with Gasteiger partial charge in [-0.1, -0.05) is 0 Å². The minimum absolute atomic E-state index is 0.325. The summed E-state index contributed by atoms with van der Waals surface area (Å²) in [5.74, 6) is 1.00. The molecule has 37 heavy (non-hydrogen) atoms. The van der Waals surface area contributed by atoms with Crippen molar-refractivity contribution < 1.29 is 33.3 Å². The van der Waals surface area contributed by atoms with Crippen molar-refractivity contribution in [3.8, 4) is 11.5 Å². The van der Waals surface area contributed by atoms with Gasteiger partial charge in [0.15, 0.2) is 0 Å². The number of methoxy groups -OCH3 is 2. The van der Waals surface area contributed by atoms with Gasteiger partial charge >= 0.3 is 12.2 Å². The van der Waals surface area contributed by atoms with Gasteiger partial charge in [0.05, 0.1) is 18.7 Å². The van der Waals surface area contributed by atoms with Crippen LogP contribution in [0.5, 0.6) is 11.5 Å². The van der Waals surface area contributed by atoms with E-state index in [2.05, 4.69) is 31.9 Å². The molecule has 0 aliphatic rings. The number of ether oxygens (including phenoxy) is 4. The first-order chi connectivity index (χ1) is 17.1. The summed E-state index contributed by atoms with van der Waals surface area (Å²) in [6, 6.07) is 2.87. The summed E-state index contributed by atoms with van der Waals surface area (Å²) in [5.41, 5.74) is -0.400. The second-order valence-electron chi connectivity index (χ2n) is 10.5. The Morgan fingerprint density at radius 1 is 0.838 bits per heavy atom. The number of unbranched alkanes of at least 4 members (excludes halogenated alkanes) is 1. The van der Waals surface area contributed by atoms with Crippen molar-refractivity contribution in [3.63, 3.8) is 0 Å². The molecule has 210 valence electrons. The molecule has 0 fully saturated rings. The van der Waals surface area contributed by atoms with Crippen LogP contribution in [0, 0.1) is 0 Å². The third-order valence-corrected chi connectivity index (χ3v) is 5.46. The zero-order valence-corrected chi connectivity index (χ0v) is 24.8. The Labute approximate surface area is 228 Å². The van der Waals surface area contributed by atoms with E-state index in [1.54, 1.807) is 55.8 Å². The van der Waals surface area contributed by atoms with E-state index >= 15 is 0 Å². The van der Waals surface area contributed by atoms with E-state index in [1.807, 2.05) is 12.1 Å². The van der Waals surface area contributed by atoms with Crippen LogP contribution in [0.4, 0.5) is 9.59 Å². The molecule has 0 aromatic heterocycles. The minimum Gasteiger partial charge on any atom is -0.496 e. The first kappa shape index (κ1) is 32.3. The topological polar surface area (TPSA) is 124 Å². The Morgan fingerprint density at radius 2 is 1.43 bits per heavy atom. The van der Waals surface area contributed by atoms with Gasteiger partial charge in [-0.3, -0.25) is 4.79 Å². The SMILES string of the molecule is COc1cc(CCNC(=O)C(CCCCNC(=O)OC(C)(C)C)NC(=O)OC(C)(C)C)c(OC)cc1Br. The molecule has 0 aliphatic heterocycles. The number of amides is 3. The van der Waals surface area contributed by atoms with Crippen LogP contribution in [0.2, 0.25) is 0 Å².